The lowest BCUT2D eigenvalue weighted by atomic mass is 9.64. The fourth-order valence-corrected chi connectivity index (χ4v) is 5.78. The molecule has 0 bridgehead atoms. The van der Waals surface area contributed by atoms with Crippen molar-refractivity contribution in [2.75, 3.05) is 6.61 Å². The topological polar surface area (TPSA) is 9.23 Å². The van der Waals surface area contributed by atoms with Gasteiger partial charge in [-0.1, -0.05) is 36.4 Å². The van der Waals surface area contributed by atoms with Crippen molar-refractivity contribution in [2.24, 2.45) is 17.8 Å². The van der Waals surface area contributed by atoms with Crippen LogP contribution in [0.4, 0.5) is 13.2 Å². The van der Waals surface area contributed by atoms with E-state index in [1.54, 1.807) is 31.2 Å². The number of ether oxygens (including phenoxy) is 1. The summed E-state index contributed by atoms with van der Waals surface area (Å²) in [6.45, 7) is 3.97. The number of benzene rings is 2. The van der Waals surface area contributed by atoms with Crippen LogP contribution in [-0.4, -0.2) is 6.61 Å². The van der Waals surface area contributed by atoms with E-state index in [1.807, 2.05) is 6.07 Å². The van der Waals surface area contributed by atoms with E-state index in [-0.39, 0.29) is 17.7 Å². The van der Waals surface area contributed by atoms with Crippen LogP contribution in [0.2, 0.25) is 0 Å². The molecule has 4 atom stereocenters. The van der Waals surface area contributed by atoms with Crippen molar-refractivity contribution >= 4 is 0 Å². The van der Waals surface area contributed by atoms with Gasteiger partial charge in [0.25, 0.3) is 0 Å². The van der Waals surface area contributed by atoms with Crippen molar-refractivity contribution in [1.82, 2.24) is 0 Å². The highest BCUT2D eigenvalue weighted by molar-refractivity contribution is 5.66. The molecule has 4 unspecified atom stereocenters. The van der Waals surface area contributed by atoms with Crippen LogP contribution in [0.1, 0.15) is 63.9 Å². The molecule has 4 rings (SSSR count). The summed E-state index contributed by atoms with van der Waals surface area (Å²) in [7, 11) is 0. The minimum Gasteiger partial charge on any atom is -0.483 e. The molecule has 33 heavy (non-hydrogen) atoms. The van der Waals surface area contributed by atoms with Crippen molar-refractivity contribution in [3.8, 4) is 16.9 Å². The fourth-order valence-electron chi connectivity index (χ4n) is 5.78. The van der Waals surface area contributed by atoms with Gasteiger partial charge in [-0.2, -0.15) is 0 Å². The molecule has 0 aliphatic heterocycles. The Kier molecular flexibility index (Phi) is 7.62. The fraction of sp³-hybridized carbons (Fsp3) is 0.448. The first-order chi connectivity index (χ1) is 16.0. The normalized spacial score (nSPS) is 25.5. The Morgan fingerprint density at radius 1 is 0.848 bits per heavy atom. The van der Waals surface area contributed by atoms with Crippen LogP contribution < -0.4 is 4.74 Å². The lowest BCUT2D eigenvalue weighted by Crippen LogP contribution is -2.30. The molecule has 176 valence electrons. The first kappa shape index (κ1) is 23.7. The molecule has 0 amide bonds. The zero-order valence-corrected chi connectivity index (χ0v) is 19.5. The zero-order valence-electron chi connectivity index (χ0n) is 19.5. The van der Waals surface area contributed by atoms with Crippen LogP contribution in [0.3, 0.4) is 0 Å². The summed E-state index contributed by atoms with van der Waals surface area (Å²) in [4.78, 5) is 0. The van der Waals surface area contributed by atoms with Crippen molar-refractivity contribution < 1.29 is 17.9 Å². The highest BCUT2D eigenvalue weighted by Gasteiger charge is 2.35. The van der Waals surface area contributed by atoms with Gasteiger partial charge in [-0.15, -0.1) is 0 Å². The average Bonchev–Trinajstić information content (AvgIpc) is 2.80. The van der Waals surface area contributed by atoms with Gasteiger partial charge in [0.15, 0.2) is 17.4 Å². The second kappa shape index (κ2) is 10.6. The summed E-state index contributed by atoms with van der Waals surface area (Å²) < 4.78 is 49.1. The predicted molar refractivity (Wildman–Crippen MR) is 128 cm³/mol. The van der Waals surface area contributed by atoms with Crippen LogP contribution in [0.15, 0.2) is 54.6 Å². The lowest BCUT2D eigenvalue weighted by molar-refractivity contribution is 0.133. The van der Waals surface area contributed by atoms with E-state index in [9.17, 15) is 8.78 Å². The van der Waals surface area contributed by atoms with E-state index < -0.39 is 23.2 Å². The van der Waals surface area contributed by atoms with Crippen LogP contribution in [0.5, 0.6) is 5.75 Å². The van der Waals surface area contributed by atoms with Crippen LogP contribution in [-0.2, 0) is 0 Å². The van der Waals surface area contributed by atoms with Crippen LogP contribution >= 0.6 is 0 Å². The monoisotopic (exact) mass is 454 g/mol. The number of allylic oxidation sites excluding steroid dienone is 3. The Hall–Kier alpha value is -2.49. The van der Waals surface area contributed by atoms with Gasteiger partial charge in [0.2, 0.25) is 0 Å². The van der Waals surface area contributed by atoms with E-state index in [4.69, 9.17) is 4.74 Å². The Morgan fingerprint density at radius 2 is 1.58 bits per heavy atom. The van der Waals surface area contributed by atoms with Crippen molar-refractivity contribution in [3.63, 3.8) is 0 Å². The maximum absolute atomic E-state index is 15.1. The molecular formula is C29H33F3O. The molecule has 2 aliphatic carbocycles. The standard InChI is InChI=1S/C29H33F3O/c1-3-5-13-33-29-27(31)17-24(18-28(29)32)25-12-11-23(16-26(25)30)22-10-9-20-14-19(6-4-2)7-8-21(20)15-22/h3-6,11-12,16-22H,7-10,13-15H2,1-2H3/b5-3+,6-4+. The summed E-state index contributed by atoms with van der Waals surface area (Å²) in [6, 6.07) is 7.44. The third-order valence-corrected chi connectivity index (χ3v) is 7.45. The van der Waals surface area contributed by atoms with Gasteiger partial charge in [0, 0.05) is 5.56 Å². The first-order valence-corrected chi connectivity index (χ1v) is 12.2. The molecule has 0 saturated heterocycles. The van der Waals surface area contributed by atoms with Gasteiger partial charge < -0.3 is 4.74 Å². The predicted octanol–water partition coefficient (Wildman–Crippen LogP) is 8.60. The third-order valence-electron chi connectivity index (χ3n) is 7.45. The number of hydrogen-bond acceptors (Lipinski definition) is 1. The van der Waals surface area contributed by atoms with Crippen molar-refractivity contribution in [1.29, 1.82) is 0 Å². The maximum atomic E-state index is 15.1. The first-order valence-electron chi connectivity index (χ1n) is 12.2. The van der Waals surface area contributed by atoms with Gasteiger partial charge in [-0.3, -0.25) is 0 Å². The molecular weight excluding hydrogens is 421 g/mol. The summed E-state index contributed by atoms with van der Waals surface area (Å²) >= 11 is 0. The number of fused-ring (bicyclic) bond motifs is 1. The Labute approximate surface area is 195 Å². The molecule has 2 fully saturated rings. The molecule has 0 aromatic heterocycles. The van der Waals surface area contributed by atoms with Crippen molar-refractivity contribution in [2.45, 2.75) is 58.3 Å². The highest BCUT2D eigenvalue weighted by Crippen LogP contribution is 2.48. The smallest absolute Gasteiger partial charge is 0.191 e. The molecule has 1 nitrogen and oxygen atoms in total. The van der Waals surface area contributed by atoms with E-state index in [0.717, 1.165) is 36.5 Å². The molecule has 2 saturated carbocycles. The highest BCUT2D eigenvalue weighted by atomic mass is 19.1. The summed E-state index contributed by atoms with van der Waals surface area (Å²) in [5.74, 6) is 0.0255. The molecule has 0 spiro atoms. The molecule has 0 N–H and O–H groups in total. The molecule has 4 heteroatoms. The second-order valence-electron chi connectivity index (χ2n) is 9.52. The average molecular weight is 455 g/mol. The summed E-state index contributed by atoms with van der Waals surface area (Å²) in [6.07, 6.45) is 15.1. The van der Waals surface area contributed by atoms with E-state index in [1.165, 1.54) is 25.7 Å². The Morgan fingerprint density at radius 3 is 2.27 bits per heavy atom. The molecule has 2 aromatic carbocycles. The van der Waals surface area contributed by atoms with Gasteiger partial charge in [0.1, 0.15) is 12.4 Å². The lowest BCUT2D eigenvalue weighted by Gasteiger charge is -2.41. The van der Waals surface area contributed by atoms with Gasteiger partial charge >= 0.3 is 0 Å². The van der Waals surface area contributed by atoms with Crippen LogP contribution in [0.25, 0.3) is 11.1 Å². The Balaban J connectivity index is 1.48. The minimum atomic E-state index is -0.829. The Bertz CT molecular complexity index is 1000. The summed E-state index contributed by atoms with van der Waals surface area (Å²) in [5.41, 5.74) is 1.38. The van der Waals surface area contributed by atoms with Crippen molar-refractivity contribution in [3.05, 3.63) is 77.7 Å². The zero-order chi connectivity index (χ0) is 23.4. The van der Waals surface area contributed by atoms with E-state index in [0.29, 0.717) is 17.8 Å². The van der Waals surface area contributed by atoms with E-state index >= 15 is 4.39 Å². The number of rotatable bonds is 6. The molecule has 2 aliphatic rings. The summed E-state index contributed by atoms with van der Waals surface area (Å²) in [5, 5.41) is 0. The molecule has 0 heterocycles. The SMILES string of the molecule is C/C=C/COc1c(F)cc(-c2ccc(C3CCC4CC(/C=C/C)CCC4C3)cc2F)cc1F. The van der Waals surface area contributed by atoms with Gasteiger partial charge in [-0.05, 0) is 105 Å². The molecule has 2 aromatic rings. The number of hydrogen-bond donors (Lipinski definition) is 0. The van der Waals surface area contributed by atoms with E-state index in [2.05, 4.69) is 19.1 Å². The van der Waals surface area contributed by atoms with Gasteiger partial charge in [0.05, 0.1) is 0 Å². The largest absolute Gasteiger partial charge is 0.483 e. The van der Waals surface area contributed by atoms with Gasteiger partial charge in [-0.25, -0.2) is 13.2 Å². The maximum Gasteiger partial charge on any atom is 0.191 e. The quantitative estimate of drug-likeness (QED) is 0.397. The second-order valence-corrected chi connectivity index (χ2v) is 9.52. The minimum absolute atomic E-state index is 0.0753. The molecule has 0 radical (unpaired) electrons. The number of halogens is 3. The van der Waals surface area contributed by atoms with Crippen LogP contribution in [0, 0.1) is 35.2 Å². The third kappa shape index (κ3) is 5.37.